The van der Waals surface area contributed by atoms with Gasteiger partial charge in [-0.25, -0.2) is 4.98 Å². The summed E-state index contributed by atoms with van der Waals surface area (Å²) in [6.07, 6.45) is 1.50. The summed E-state index contributed by atoms with van der Waals surface area (Å²) in [5.41, 5.74) is 0.992. The number of nitrogens with zero attached hydrogens (tertiary/aromatic N) is 2. The summed E-state index contributed by atoms with van der Waals surface area (Å²) < 4.78 is 11.4. The minimum absolute atomic E-state index is 0.0266. The van der Waals surface area contributed by atoms with E-state index in [0.29, 0.717) is 17.9 Å². The Kier molecular flexibility index (Phi) is 3.25. The number of carbonyl (C=O) groups excluding carboxylic acids is 1. The van der Waals surface area contributed by atoms with Crippen molar-refractivity contribution in [2.45, 2.75) is 26.7 Å². The highest BCUT2D eigenvalue weighted by molar-refractivity contribution is 7.85. The van der Waals surface area contributed by atoms with Crippen LogP contribution in [-0.4, -0.2) is 39.6 Å². The molecular formula is C13H18N2O2S2. The number of thiazole rings is 1. The van der Waals surface area contributed by atoms with Crippen molar-refractivity contribution >= 4 is 33.1 Å². The predicted molar refractivity (Wildman–Crippen MR) is 78.6 cm³/mol. The molecule has 1 aliphatic carbocycles. The van der Waals surface area contributed by atoms with Crippen molar-refractivity contribution in [2.24, 2.45) is 5.41 Å². The Morgan fingerprint density at radius 1 is 1.26 bits per heavy atom. The van der Waals surface area contributed by atoms with Gasteiger partial charge in [-0.05, 0) is 11.8 Å². The molecule has 2 heterocycles. The monoisotopic (exact) mass is 298 g/mol. The van der Waals surface area contributed by atoms with E-state index in [9.17, 15) is 9.00 Å². The number of fused-ring (bicyclic) bond motifs is 1. The number of Topliss-reactive ketones (excluding diaryl/α,β-unsaturated/α-hetero) is 1. The highest BCUT2D eigenvalue weighted by Gasteiger charge is 2.34. The highest BCUT2D eigenvalue weighted by atomic mass is 32.2. The van der Waals surface area contributed by atoms with E-state index < -0.39 is 10.8 Å². The van der Waals surface area contributed by atoms with Gasteiger partial charge in [0.1, 0.15) is 0 Å². The molecule has 6 heteroatoms. The van der Waals surface area contributed by atoms with Gasteiger partial charge in [0, 0.05) is 41.8 Å². The molecule has 19 heavy (non-hydrogen) atoms. The maximum Gasteiger partial charge on any atom is 0.186 e. The van der Waals surface area contributed by atoms with Crippen molar-refractivity contribution in [2.75, 3.05) is 29.5 Å². The lowest BCUT2D eigenvalue weighted by atomic mass is 9.78. The number of ketones is 1. The molecule has 1 fully saturated rings. The predicted octanol–water partition coefficient (Wildman–Crippen LogP) is 1.87. The summed E-state index contributed by atoms with van der Waals surface area (Å²) in [5, 5.41) is 0.938. The first-order valence-electron chi connectivity index (χ1n) is 6.57. The first-order valence-corrected chi connectivity index (χ1v) is 8.88. The Morgan fingerprint density at radius 2 is 1.95 bits per heavy atom. The van der Waals surface area contributed by atoms with Crippen LogP contribution in [-0.2, 0) is 17.2 Å². The van der Waals surface area contributed by atoms with Crippen LogP contribution in [0, 0.1) is 5.41 Å². The second-order valence-electron chi connectivity index (χ2n) is 6.05. The van der Waals surface area contributed by atoms with E-state index in [4.69, 9.17) is 0 Å². The van der Waals surface area contributed by atoms with Gasteiger partial charge in [0.15, 0.2) is 10.9 Å². The molecule has 0 radical (unpaired) electrons. The molecule has 1 aromatic rings. The number of rotatable bonds is 1. The Balaban J connectivity index is 1.86. The smallest absolute Gasteiger partial charge is 0.186 e. The second kappa shape index (κ2) is 4.66. The third-order valence-electron chi connectivity index (χ3n) is 3.67. The van der Waals surface area contributed by atoms with Crippen molar-refractivity contribution in [1.29, 1.82) is 0 Å². The van der Waals surface area contributed by atoms with E-state index in [1.807, 2.05) is 0 Å². The molecule has 0 N–H and O–H groups in total. The zero-order valence-electron chi connectivity index (χ0n) is 11.3. The normalized spacial score (nSPS) is 23.5. The van der Waals surface area contributed by atoms with Crippen molar-refractivity contribution < 1.29 is 9.00 Å². The molecule has 0 amide bonds. The van der Waals surface area contributed by atoms with Crippen LogP contribution >= 0.6 is 11.3 Å². The first-order chi connectivity index (χ1) is 8.94. The van der Waals surface area contributed by atoms with Crippen LogP contribution in [0.25, 0.3) is 0 Å². The third-order valence-corrected chi connectivity index (χ3v) is 6.15. The molecule has 1 aliphatic heterocycles. The third kappa shape index (κ3) is 2.60. The molecule has 1 aromatic heterocycles. The lowest BCUT2D eigenvalue weighted by Gasteiger charge is -2.27. The minimum Gasteiger partial charge on any atom is -0.346 e. The Hall–Kier alpha value is -0.750. The minimum atomic E-state index is -0.676. The number of hydrogen-bond donors (Lipinski definition) is 0. The van der Waals surface area contributed by atoms with Gasteiger partial charge in [-0.15, -0.1) is 0 Å². The highest BCUT2D eigenvalue weighted by Crippen LogP contribution is 2.39. The van der Waals surface area contributed by atoms with Crippen LogP contribution < -0.4 is 4.90 Å². The van der Waals surface area contributed by atoms with Crippen LogP contribution in [0.15, 0.2) is 0 Å². The van der Waals surface area contributed by atoms with Gasteiger partial charge in [-0.2, -0.15) is 0 Å². The Bertz CT molecular complexity index is 541. The zero-order chi connectivity index (χ0) is 13.6. The molecule has 1 saturated heterocycles. The van der Waals surface area contributed by atoms with Crippen LogP contribution in [0.3, 0.4) is 0 Å². The maximum absolute atomic E-state index is 12.2. The van der Waals surface area contributed by atoms with Crippen LogP contribution in [0.4, 0.5) is 5.13 Å². The molecule has 0 saturated carbocycles. The summed E-state index contributed by atoms with van der Waals surface area (Å²) in [6.45, 7) is 5.82. The molecule has 0 unspecified atom stereocenters. The van der Waals surface area contributed by atoms with Gasteiger partial charge >= 0.3 is 0 Å². The molecule has 3 rings (SSSR count). The standard InChI is InChI=1S/C13H18N2O2S2/c1-13(2)7-9-11(10(16)8-13)18-12(14-9)15-3-5-19(17)6-4-15/h3-8H2,1-2H3. The van der Waals surface area contributed by atoms with E-state index in [0.717, 1.165) is 35.2 Å². The van der Waals surface area contributed by atoms with Gasteiger partial charge in [0.05, 0.1) is 10.6 Å². The number of carbonyl (C=O) groups is 1. The summed E-state index contributed by atoms with van der Waals surface area (Å²) in [5.74, 6) is 1.66. The average Bonchev–Trinajstić information content (AvgIpc) is 2.72. The van der Waals surface area contributed by atoms with E-state index >= 15 is 0 Å². The summed E-state index contributed by atoms with van der Waals surface area (Å²) >= 11 is 1.52. The van der Waals surface area contributed by atoms with Crippen molar-refractivity contribution in [1.82, 2.24) is 4.98 Å². The first kappa shape index (κ1) is 13.2. The molecule has 104 valence electrons. The topological polar surface area (TPSA) is 50.3 Å². The van der Waals surface area contributed by atoms with Gasteiger partial charge in [0.2, 0.25) is 0 Å². The van der Waals surface area contributed by atoms with Crippen molar-refractivity contribution in [3.63, 3.8) is 0 Å². The summed E-state index contributed by atoms with van der Waals surface area (Å²) in [7, 11) is -0.676. The molecule has 0 aromatic carbocycles. The second-order valence-corrected chi connectivity index (χ2v) is 8.72. The number of hydrogen-bond acceptors (Lipinski definition) is 5. The summed E-state index contributed by atoms with van der Waals surface area (Å²) in [4.78, 5) is 19.8. The van der Waals surface area contributed by atoms with E-state index in [1.165, 1.54) is 11.3 Å². The van der Waals surface area contributed by atoms with Crippen molar-refractivity contribution in [3.05, 3.63) is 10.6 Å². The van der Waals surface area contributed by atoms with E-state index in [1.54, 1.807) is 0 Å². The Morgan fingerprint density at radius 3 is 2.63 bits per heavy atom. The largest absolute Gasteiger partial charge is 0.346 e. The molecular weight excluding hydrogens is 280 g/mol. The lowest BCUT2D eigenvalue weighted by molar-refractivity contribution is 0.0916. The fraction of sp³-hybridized carbons (Fsp3) is 0.692. The molecule has 4 nitrogen and oxygen atoms in total. The fourth-order valence-corrected chi connectivity index (χ4v) is 4.80. The SMILES string of the molecule is CC1(C)CC(=O)c2sc(N3CCS(=O)CC3)nc2C1. The molecule has 0 spiro atoms. The van der Waals surface area contributed by atoms with Crippen molar-refractivity contribution in [3.8, 4) is 0 Å². The van der Waals surface area contributed by atoms with E-state index in [-0.39, 0.29) is 11.2 Å². The maximum atomic E-state index is 12.2. The summed E-state index contributed by atoms with van der Waals surface area (Å²) in [6, 6.07) is 0. The Labute approximate surface area is 119 Å². The van der Waals surface area contributed by atoms with Crippen LogP contribution in [0.5, 0.6) is 0 Å². The fourth-order valence-electron chi connectivity index (χ4n) is 2.67. The van der Waals surface area contributed by atoms with Crippen LogP contribution in [0.1, 0.15) is 35.6 Å². The zero-order valence-corrected chi connectivity index (χ0v) is 12.9. The van der Waals surface area contributed by atoms with Gasteiger partial charge in [-0.3, -0.25) is 9.00 Å². The van der Waals surface area contributed by atoms with Gasteiger partial charge in [0.25, 0.3) is 0 Å². The quantitative estimate of drug-likeness (QED) is 0.794. The number of anilines is 1. The van der Waals surface area contributed by atoms with Crippen LogP contribution in [0.2, 0.25) is 0 Å². The number of aromatic nitrogens is 1. The molecule has 0 atom stereocenters. The van der Waals surface area contributed by atoms with E-state index in [2.05, 4.69) is 23.7 Å². The molecule has 0 bridgehead atoms. The average molecular weight is 298 g/mol. The van der Waals surface area contributed by atoms with Gasteiger partial charge in [-0.1, -0.05) is 25.2 Å². The lowest BCUT2D eigenvalue weighted by Crippen LogP contribution is -2.37. The van der Waals surface area contributed by atoms with Gasteiger partial charge < -0.3 is 4.90 Å². The molecule has 2 aliphatic rings.